The van der Waals surface area contributed by atoms with E-state index >= 15 is 0 Å². The number of aromatic nitrogens is 1. The van der Waals surface area contributed by atoms with Gasteiger partial charge in [-0.25, -0.2) is 4.98 Å². The SMILES string of the molecule is Cc1c(Br)ccc(NC(=O)c2cc(-c3ccc(Cl)cc3)nc3c(C)cc(Br)cc23)c1C. The van der Waals surface area contributed by atoms with E-state index in [2.05, 4.69) is 37.2 Å². The molecule has 0 atom stereocenters. The summed E-state index contributed by atoms with van der Waals surface area (Å²) in [7, 11) is 0. The second-order valence-corrected chi connectivity index (χ2v) is 9.69. The summed E-state index contributed by atoms with van der Waals surface area (Å²) in [5.74, 6) is -0.176. The van der Waals surface area contributed by atoms with Crippen LogP contribution in [0.5, 0.6) is 0 Å². The van der Waals surface area contributed by atoms with Gasteiger partial charge in [0.1, 0.15) is 0 Å². The van der Waals surface area contributed by atoms with Crippen LogP contribution in [0.1, 0.15) is 27.0 Å². The van der Waals surface area contributed by atoms with Crippen molar-refractivity contribution < 1.29 is 4.79 Å². The molecule has 0 fully saturated rings. The van der Waals surface area contributed by atoms with Gasteiger partial charge >= 0.3 is 0 Å². The van der Waals surface area contributed by atoms with E-state index in [-0.39, 0.29) is 5.91 Å². The van der Waals surface area contributed by atoms with Crippen molar-refractivity contribution in [3.63, 3.8) is 0 Å². The fourth-order valence-corrected chi connectivity index (χ4v) is 4.65. The molecule has 0 aliphatic heterocycles. The zero-order valence-electron chi connectivity index (χ0n) is 17.2. The number of halogens is 3. The van der Waals surface area contributed by atoms with Crippen molar-refractivity contribution >= 4 is 66.0 Å². The lowest BCUT2D eigenvalue weighted by Gasteiger charge is -2.15. The Kier molecular flexibility index (Phi) is 6.20. The van der Waals surface area contributed by atoms with Gasteiger partial charge in [0.25, 0.3) is 5.91 Å². The van der Waals surface area contributed by atoms with E-state index in [4.69, 9.17) is 16.6 Å². The third-order valence-electron chi connectivity index (χ3n) is 5.42. The highest BCUT2D eigenvalue weighted by Gasteiger charge is 2.17. The van der Waals surface area contributed by atoms with E-state index < -0.39 is 0 Å². The zero-order chi connectivity index (χ0) is 22.3. The maximum atomic E-state index is 13.4. The molecule has 4 rings (SSSR count). The highest BCUT2D eigenvalue weighted by atomic mass is 79.9. The summed E-state index contributed by atoms with van der Waals surface area (Å²) < 4.78 is 1.92. The smallest absolute Gasteiger partial charge is 0.256 e. The maximum Gasteiger partial charge on any atom is 0.256 e. The molecule has 0 unspecified atom stereocenters. The fraction of sp³-hybridized carbons (Fsp3) is 0.120. The quantitative estimate of drug-likeness (QED) is 0.275. The molecule has 31 heavy (non-hydrogen) atoms. The Hall–Kier alpha value is -2.21. The van der Waals surface area contributed by atoms with Crippen molar-refractivity contribution in [2.45, 2.75) is 20.8 Å². The molecular weight excluding hydrogens is 540 g/mol. The van der Waals surface area contributed by atoms with Crippen LogP contribution in [0.4, 0.5) is 5.69 Å². The molecule has 3 aromatic carbocycles. The summed E-state index contributed by atoms with van der Waals surface area (Å²) in [6, 6.07) is 17.1. The van der Waals surface area contributed by atoms with Crippen LogP contribution in [0.15, 0.2) is 63.5 Å². The summed E-state index contributed by atoms with van der Waals surface area (Å²) >= 11 is 13.2. The third-order valence-corrected chi connectivity index (χ3v) is 6.99. The molecule has 3 nitrogen and oxygen atoms in total. The maximum absolute atomic E-state index is 13.4. The molecule has 0 spiro atoms. The van der Waals surface area contributed by atoms with E-state index in [1.807, 2.05) is 75.4 Å². The van der Waals surface area contributed by atoms with Crippen LogP contribution in [0.3, 0.4) is 0 Å². The minimum atomic E-state index is -0.176. The molecule has 1 amide bonds. The highest BCUT2D eigenvalue weighted by molar-refractivity contribution is 9.10. The van der Waals surface area contributed by atoms with E-state index in [1.54, 1.807) is 0 Å². The van der Waals surface area contributed by atoms with Crippen molar-refractivity contribution in [2.75, 3.05) is 5.32 Å². The first kappa shape index (κ1) is 22.0. The summed E-state index contributed by atoms with van der Waals surface area (Å²) in [6.07, 6.45) is 0. The van der Waals surface area contributed by atoms with Gasteiger partial charge in [0, 0.05) is 30.6 Å². The Balaban J connectivity index is 1.88. The minimum absolute atomic E-state index is 0.176. The number of aryl methyl sites for hydroxylation is 1. The Morgan fingerprint density at radius 1 is 0.935 bits per heavy atom. The first-order valence-electron chi connectivity index (χ1n) is 9.68. The van der Waals surface area contributed by atoms with Gasteiger partial charge in [0.15, 0.2) is 0 Å². The molecular formula is C25H19Br2ClN2O. The van der Waals surface area contributed by atoms with Gasteiger partial charge in [-0.1, -0.05) is 55.6 Å². The van der Waals surface area contributed by atoms with Crippen molar-refractivity contribution in [3.05, 3.63) is 90.8 Å². The number of hydrogen-bond donors (Lipinski definition) is 1. The average molecular weight is 559 g/mol. The summed E-state index contributed by atoms with van der Waals surface area (Å²) in [4.78, 5) is 18.3. The van der Waals surface area contributed by atoms with Crippen molar-refractivity contribution in [1.82, 2.24) is 4.98 Å². The molecule has 1 N–H and O–H groups in total. The zero-order valence-corrected chi connectivity index (χ0v) is 21.1. The van der Waals surface area contributed by atoms with Crippen LogP contribution >= 0.6 is 43.5 Å². The third kappa shape index (κ3) is 4.40. The fourth-order valence-electron chi connectivity index (χ4n) is 3.53. The number of hydrogen-bond acceptors (Lipinski definition) is 2. The number of fused-ring (bicyclic) bond motifs is 1. The Bertz CT molecular complexity index is 1330. The predicted octanol–water partition coefficient (Wildman–Crippen LogP) is 8.26. The van der Waals surface area contributed by atoms with Gasteiger partial charge in [0.05, 0.1) is 16.8 Å². The monoisotopic (exact) mass is 556 g/mol. The summed E-state index contributed by atoms with van der Waals surface area (Å²) in [5.41, 5.74) is 6.89. The molecule has 0 saturated heterocycles. The van der Waals surface area contributed by atoms with Crippen molar-refractivity contribution in [1.29, 1.82) is 0 Å². The molecule has 0 radical (unpaired) electrons. The second-order valence-electron chi connectivity index (χ2n) is 7.48. The van der Waals surface area contributed by atoms with Gasteiger partial charge in [-0.2, -0.15) is 0 Å². The van der Waals surface area contributed by atoms with Gasteiger partial charge in [0.2, 0.25) is 0 Å². The van der Waals surface area contributed by atoms with Gasteiger partial charge < -0.3 is 5.32 Å². The number of pyridine rings is 1. The topological polar surface area (TPSA) is 42.0 Å². The van der Waals surface area contributed by atoms with E-state index in [1.165, 1.54) is 0 Å². The van der Waals surface area contributed by atoms with Crippen LogP contribution in [0, 0.1) is 20.8 Å². The first-order valence-corrected chi connectivity index (χ1v) is 11.6. The van der Waals surface area contributed by atoms with E-state index in [0.717, 1.165) is 53.5 Å². The molecule has 6 heteroatoms. The molecule has 0 aliphatic carbocycles. The lowest BCUT2D eigenvalue weighted by molar-refractivity contribution is 0.102. The molecule has 156 valence electrons. The Morgan fingerprint density at radius 2 is 1.65 bits per heavy atom. The number of carbonyl (C=O) groups excluding carboxylic acids is 1. The van der Waals surface area contributed by atoms with Crippen LogP contribution in [-0.2, 0) is 0 Å². The number of nitrogens with zero attached hydrogens (tertiary/aromatic N) is 1. The molecule has 1 heterocycles. The number of rotatable bonds is 3. The van der Waals surface area contributed by atoms with Crippen LogP contribution < -0.4 is 5.32 Å². The average Bonchev–Trinajstić information content (AvgIpc) is 2.74. The number of anilines is 1. The van der Waals surface area contributed by atoms with Gasteiger partial charge in [-0.3, -0.25) is 4.79 Å². The normalized spacial score (nSPS) is 11.0. The first-order chi connectivity index (χ1) is 14.7. The number of benzene rings is 3. The predicted molar refractivity (Wildman–Crippen MR) is 136 cm³/mol. The van der Waals surface area contributed by atoms with Crippen LogP contribution in [0.25, 0.3) is 22.2 Å². The van der Waals surface area contributed by atoms with E-state index in [0.29, 0.717) is 10.6 Å². The molecule has 0 aliphatic rings. The minimum Gasteiger partial charge on any atom is -0.322 e. The van der Waals surface area contributed by atoms with Gasteiger partial charge in [-0.15, -0.1) is 0 Å². The lowest BCUT2D eigenvalue weighted by Crippen LogP contribution is -2.14. The van der Waals surface area contributed by atoms with E-state index in [9.17, 15) is 4.79 Å². The summed E-state index contributed by atoms with van der Waals surface area (Å²) in [6.45, 7) is 6.02. The number of carbonyl (C=O) groups is 1. The highest BCUT2D eigenvalue weighted by Crippen LogP contribution is 2.32. The van der Waals surface area contributed by atoms with Gasteiger partial charge in [-0.05, 0) is 79.9 Å². The standard InChI is InChI=1S/C25H19Br2ClN2O/c1-13-10-17(26)11-19-20(25(31)30-22-9-8-21(27)14(2)15(22)3)12-23(29-24(13)19)16-4-6-18(28)7-5-16/h4-12H,1-3H3,(H,30,31). The number of amides is 1. The molecule has 0 bridgehead atoms. The van der Waals surface area contributed by atoms with Crippen molar-refractivity contribution in [2.24, 2.45) is 0 Å². The molecule has 0 saturated carbocycles. The molecule has 4 aromatic rings. The number of nitrogens with one attached hydrogen (secondary N) is 1. The lowest BCUT2D eigenvalue weighted by atomic mass is 10.0. The second kappa shape index (κ2) is 8.73. The largest absolute Gasteiger partial charge is 0.322 e. The Morgan fingerprint density at radius 3 is 2.35 bits per heavy atom. The Labute approximate surface area is 203 Å². The molecule has 1 aromatic heterocycles. The summed E-state index contributed by atoms with van der Waals surface area (Å²) in [5, 5.41) is 4.55. The van der Waals surface area contributed by atoms with Crippen LogP contribution in [-0.4, -0.2) is 10.9 Å². The van der Waals surface area contributed by atoms with Crippen molar-refractivity contribution in [3.8, 4) is 11.3 Å². The van der Waals surface area contributed by atoms with Crippen LogP contribution in [0.2, 0.25) is 5.02 Å².